The van der Waals surface area contributed by atoms with Crippen molar-refractivity contribution in [3.8, 4) is 29.3 Å². The molecule has 1 atom stereocenters. The maximum atomic E-state index is 13.4. The number of aromatic nitrogens is 3. The van der Waals surface area contributed by atoms with E-state index >= 15 is 0 Å². The molecule has 3 aromatic rings. The van der Waals surface area contributed by atoms with Gasteiger partial charge in [-0.05, 0) is 43.3 Å². The first-order valence-corrected chi connectivity index (χ1v) is 9.49. The smallest absolute Gasteiger partial charge is 0.387 e. The van der Waals surface area contributed by atoms with Crippen LogP contribution in [-0.2, 0) is 0 Å². The van der Waals surface area contributed by atoms with Crippen LogP contribution in [0.1, 0.15) is 23.5 Å². The van der Waals surface area contributed by atoms with E-state index in [9.17, 15) is 13.6 Å². The molecule has 3 heterocycles. The van der Waals surface area contributed by atoms with E-state index < -0.39 is 6.61 Å². The van der Waals surface area contributed by atoms with E-state index in [0.29, 0.717) is 29.0 Å². The number of carbonyl (C=O) groups excluding carboxylic acids is 1. The molecule has 0 saturated carbocycles. The van der Waals surface area contributed by atoms with Crippen LogP contribution in [0.2, 0.25) is 0 Å². The number of terminal acetylenes is 1. The minimum Gasteiger partial charge on any atom is -0.435 e. The van der Waals surface area contributed by atoms with Crippen molar-refractivity contribution in [2.24, 2.45) is 4.99 Å². The largest absolute Gasteiger partial charge is 0.435 e. The van der Waals surface area contributed by atoms with Crippen LogP contribution in [0.25, 0.3) is 11.1 Å². The molecule has 2 aromatic heterocycles. The first-order chi connectivity index (χ1) is 14.9. The highest BCUT2D eigenvalue weighted by molar-refractivity contribution is 6.09. The summed E-state index contributed by atoms with van der Waals surface area (Å²) in [5.41, 5.74) is 2.99. The number of anilines is 1. The van der Waals surface area contributed by atoms with Crippen molar-refractivity contribution in [2.75, 3.05) is 18.5 Å². The Morgan fingerprint density at radius 1 is 1.26 bits per heavy atom. The Kier molecular flexibility index (Phi) is 5.29. The second-order valence-corrected chi connectivity index (χ2v) is 6.99. The van der Waals surface area contributed by atoms with Gasteiger partial charge in [0.05, 0.1) is 12.2 Å². The highest BCUT2D eigenvalue weighted by Crippen LogP contribution is 2.33. The fraction of sp³-hybridized carbons (Fsp3) is 0.227. The van der Waals surface area contributed by atoms with E-state index in [1.54, 1.807) is 47.2 Å². The highest BCUT2D eigenvalue weighted by atomic mass is 19.3. The molecule has 1 aliphatic rings. The molecule has 1 amide bonds. The average molecular weight is 423 g/mol. The maximum absolute atomic E-state index is 13.4. The molecule has 0 radical (unpaired) electrons. The predicted octanol–water partition coefficient (Wildman–Crippen LogP) is 3.14. The summed E-state index contributed by atoms with van der Waals surface area (Å²) in [6.07, 6.45) is 8.95. The monoisotopic (exact) mass is 423 g/mol. The summed E-state index contributed by atoms with van der Waals surface area (Å²) in [7, 11) is 1.64. The van der Waals surface area contributed by atoms with Crippen LogP contribution in [0, 0.1) is 12.5 Å². The summed E-state index contributed by atoms with van der Waals surface area (Å²) in [6.45, 7) is -0.564. The molecule has 9 heteroatoms. The minimum atomic E-state index is -2.91. The molecule has 0 bridgehead atoms. The van der Waals surface area contributed by atoms with Crippen molar-refractivity contribution >= 4 is 11.6 Å². The van der Waals surface area contributed by atoms with Crippen LogP contribution in [-0.4, -0.2) is 40.5 Å². The molecule has 1 aliphatic heterocycles. The molecule has 4 rings (SSSR count). The quantitative estimate of drug-likeness (QED) is 0.606. The Balaban J connectivity index is 1.73. The van der Waals surface area contributed by atoms with Crippen molar-refractivity contribution in [1.29, 1.82) is 0 Å². The summed E-state index contributed by atoms with van der Waals surface area (Å²) in [6, 6.07) is 12.0. The van der Waals surface area contributed by atoms with E-state index in [1.807, 2.05) is 13.0 Å². The van der Waals surface area contributed by atoms with Gasteiger partial charge in [-0.3, -0.25) is 19.0 Å². The van der Waals surface area contributed by atoms with Gasteiger partial charge in [-0.15, -0.1) is 0 Å². The normalized spacial score (nSPS) is 16.4. The number of hydrogen-bond donors (Lipinski definition) is 0. The molecule has 31 heavy (non-hydrogen) atoms. The van der Waals surface area contributed by atoms with Crippen molar-refractivity contribution in [1.82, 2.24) is 14.3 Å². The number of hydrogen-bond acceptors (Lipinski definition) is 4. The summed E-state index contributed by atoms with van der Waals surface area (Å²) in [5, 5.41) is 4.42. The summed E-state index contributed by atoms with van der Waals surface area (Å²) >= 11 is 0. The van der Waals surface area contributed by atoms with E-state index in [4.69, 9.17) is 6.42 Å². The van der Waals surface area contributed by atoms with E-state index in [0.717, 1.165) is 5.56 Å². The van der Waals surface area contributed by atoms with E-state index in [-0.39, 0.29) is 17.7 Å². The second-order valence-electron chi connectivity index (χ2n) is 6.99. The Hall–Kier alpha value is -3.93. The van der Waals surface area contributed by atoms with Crippen molar-refractivity contribution in [3.05, 3.63) is 60.0 Å². The molecule has 7 nitrogen and oxygen atoms in total. The average Bonchev–Trinajstić information content (AvgIpc) is 3.22. The number of rotatable bonds is 4. The van der Waals surface area contributed by atoms with Crippen LogP contribution < -0.4 is 15.1 Å². The number of pyridine rings is 1. The SMILES string of the molecule is C#Cn1cc(-c2cnn3c2C(=O)N(c2ccc(OC(F)F)cc2)C[C@@H]3C)ccc1=NC. The lowest BCUT2D eigenvalue weighted by Gasteiger charge is -2.32. The zero-order valence-electron chi connectivity index (χ0n) is 16.9. The van der Waals surface area contributed by atoms with Crippen molar-refractivity contribution in [3.63, 3.8) is 0 Å². The number of fused-ring (bicyclic) bond motifs is 1. The lowest BCUT2D eigenvalue weighted by Crippen LogP contribution is -2.42. The molecule has 0 unspecified atom stereocenters. The van der Waals surface area contributed by atoms with Crippen LogP contribution in [0.15, 0.2) is 53.8 Å². The summed E-state index contributed by atoms with van der Waals surface area (Å²) < 4.78 is 32.4. The van der Waals surface area contributed by atoms with Gasteiger partial charge in [0.15, 0.2) is 0 Å². The molecule has 0 aliphatic carbocycles. The third-order valence-corrected chi connectivity index (χ3v) is 5.09. The topological polar surface area (TPSA) is 64.7 Å². The third-order valence-electron chi connectivity index (χ3n) is 5.09. The van der Waals surface area contributed by atoms with Gasteiger partial charge < -0.3 is 9.64 Å². The van der Waals surface area contributed by atoms with Gasteiger partial charge in [0.1, 0.15) is 16.9 Å². The van der Waals surface area contributed by atoms with Gasteiger partial charge >= 0.3 is 6.61 Å². The van der Waals surface area contributed by atoms with Gasteiger partial charge in [0.25, 0.3) is 5.91 Å². The lowest BCUT2D eigenvalue weighted by atomic mass is 10.0. The number of halogens is 2. The number of benzene rings is 1. The molecule has 0 N–H and O–H groups in total. The van der Waals surface area contributed by atoms with Gasteiger partial charge in [0.2, 0.25) is 0 Å². The van der Waals surface area contributed by atoms with Crippen LogP contribution in [0.5, 0.6) is 5.75 Å². The fourth-order valence-electron chi connectivity index (χ4n) is 3.64. The van der Waals surface area contributed by atoms with Crippen molar-refractivity contribution < 1.29 is 18.3 Å². The predicted molar refractivity (Wildman–Crippen MR) is 111 cm³/mol. The lowest BCUT2D eigenvalue weighted by molar-refractivity contribution is -0.0498. The molecular weight excluding hydrogens is 404 g/mol. The molecule has 0 fully saturated rings. The fourth-order valence-corrected chi connectivity index (χ4v) is 3.64. The Morgan fingerprint density at radius 3 is 2.65 bits per heavy atom. The third kappa shape index (κ3) is 3.68. The second kappa shape index (κ2) is 8.07. The highest BCUT2D eigenvalue weighted by Gasteiger charge is 2.33. The first kappa shape index (κ1) is 20.3. The number of nitrogens with zero attached hydrogens (tertiary/aromatic N) is 5. The van der Waals surface area contributed by atoms with Gasteiger partial charge in [0, 0.05) is 42.6 Å². The minimum absolute atomic E-state index is 0.0299. The Labute approximate surface area is 177 Å². The number of alkyl halides is 2. The van der Waals surface area contributed by atoms with Crippen LogP contribution in [0.4, 0.5) is 14.5 Å². The maximum Gasteiger partial charge on any atom is 0.387 e. The molecule has 158 valence electrons. The van der Waals surface area contributed by atoms with Gasteiger partial charge in [-0.25, -0.2) is 0 Å². The van der Waals surface area contributed by atoms with Gasteiger partial charge in [-0.1, -0.05) is 6.42 Å². The summed E-state index contributed by atoms with van der Waals surface area (Å²) in [4.78, 5) is 19.1. The van der Waals surface area contributed by atoms with E-state index in [1.165, 1.54) is 16.7 Å². The first-order valence-electron chi connectivity index (χ1n) is 9.49. The van der Waals surface area contributed by atoms with Gasteiger partial charge in [-0.2, -0.15) is 13.9 Å². The molecular formula is C22H19F2N5O2. The van der Waals surface area contributed by atoms with Crippen LogP contribution >= 0.6 is 0 Å². The van der Waals surface area contributed by atoms with E-state index in [2.05, 4.69) is 20.9 Å². The Bertz CT molecular complexity index is 1240. The molecule has 0 saturated heterocycles. The Morgan fingerprint density at radius 2 is 2.00 bits per heavy atom. The van der Waals surface area contributed by atoms with Crippen LogP contribution in [0.3, 0.4) is 0 Å². The molecule has 1 aromatic carbocycles. The molecule has 0 spiro atoms. The zero-order chi connectivity index (χ0) is 22.1. The number of amides is 1. The zero-order valence-corrected chi connectivity index (χ0v) is 16.9. The van der Waals surface area contributed by atoms with Crippen molar-refractivity contribution in [2.45, 2.75) is 19.6 Å². The number of carbonyl (C=O) groups is 1. The summed E-state index contributed by atoms with van der Waals surface area (Å²) in [5.74, 6) is -0.216. The standard InChI is InChI=1S/C22H19F2N5O2/c1-4-27-13-15(5-10-19(27)25-3)18-11-26-29-14(2)12-28(21(30)20(18)29)16-6-8-17(9-7-16)31-22(23)24/h1,5-11,13-14,22H,12H2,2-3H3/t14-/m0/s1. The number of ether oxygens (including phenoxy) is 1.